The Hall–Kier alpha value is -2.49. The van der Waals surface area contributed by atoms with Crippen LogP contribution in [0.25, 0.3) is 0 Å². The number of carbonyl (C=O) groups excluding carboxylic acids is 1. The summed E-state index contributed by atoms with van der Waals surface area (Å²) in [5.74, 6) is -0.535. The number of phenols is 1. The highest BCUT2D eigenvalue weighted by molar-refractivity contribution is 6.07. The molecule has 0 saturated carbocycles. The Balaban J connectivity index is 1.94. The molecule has 0 atom stereocenters. The molecule has 0 aromatic heterocycles. The van der Waals surface area contributed by atoms with Gasteiger partial charge < -0.3 is 16.2 Å². The molecule has 0 radical (unpaired) electrons. The first-order chi connectivity index (χ1) is 12.0. The molecule has 25 heavy (non-hydrogen) atoms. The third-order valence-electron chi connectivity index (χ3n) is 4.31. The largest absolute Gasteiger partial charge is 0.505 e. The van der Waals surface area contributed by atoms with Crippen LogP contribution in [0.15, 0.2) is 36.4 Å². The van der Waals surface area contributed by atoms with E-state index in [0.717, 1.165) is 12.0 Å². The lowest BCUT2D eigenvalue weighted by Gasteiger charge is -2.10. The van der Waals surface area contributed by atoms with Crippen molar-refractivity contribution in [3.05, 3.63) is 53.1 Å². The van der Waals surface area contributed by atoms with Crippen LogP contribution in [0, 0.1) is 6.92 Å². The van der Waals surface area contributed by atoms with Crippen LogP contribution in [0.2, 0.25) is 0 Å². The minimum Gasteiger partial charge on any atom is -0.505 e. The molecule has 0 unspecified atom stereocenters. The van der Waals surface area contributed by atoms with Gasteiger partial charge in [-0.2, -0.15) is 0 Å². The third kappa shape index (κ3) is 5.52. The Labute approximate surface area is 150 Å². The molecule has 0 aliphatic heterocycles. The topological polar surface area (TPSA) is 75.4 Å². The van der Waals surface area contributed by atoms with E-state index in [9.17, 15) is 9.90 Å². The lowest BCUT2D eigenvalue weighted by Crippen LogP contribution is -2.13. The fourth-order valence-electron chi connectivity index (χ4n) is 2.87. The molecule has 0 bridgehead atoms. The molecule has 0 saturated heterocycles. The molecule has 1 amide bonds. The molecule has 2 aromatic carbocycles. The van der Waals surface area contributed by atoms with E-state index in [1.807, 2.05) is 31.2 Å². The number of rotatable bonds is 8. The van der Waals surface area contributed by atoms with Gasteiger partial charge in [0, 0.05) is 5.69 Å². The lowest BCUT2D eigenvalue weighted by molar-refractivity contribution is 0.102. The van der Waals surface area contributed by atoms with E-state index in [2.05, 4.69) is 12.2 Å². The number of hydrogen-bond donors (Lipinski definition) is 3. The zero-order valence-electron chi connectivity index (χ0n) is 15.1. The maximum atomic E-state index is 12.4. The summed E-state index contributed by atoms with van der Waals surface area (Å²) in [6.45, 7) is 4.06. The SMILES string of the molecule is CCCCCCCc1ccc(NC(=O)c2cc(C)cc(N)c2O)cc1. The maximum absolute atomic E-state index is 12.4. The van der Waals surface area contributed by atoms with Crippen molar-refractivity contribution in [2.45, 2.75) is 52.4 Å². The zero-order valence-corrected chi connectivity index (χ0v) is 15.1. The summed E-state index contributed by atoms with van der Waals surface area (Å²) in [5, 5.41) is 12.8. The van der Waals surface area contributed by atoms with Crippen molar-refractivity contribution in [2.75, 3.05) is 11.1 Å². The van der Waals surface area contributed by atoms with Crippen molar-refractivity contribution < 1.29 is 9.90 Å². The average Bonchev–Trinajstić information content (AvgIpc) is 2.59. The lowest BCUT2D eigenvalue weighted by atomic mass is 10.0. The summed E-state index contributed by atoms with van der Waals surface area (Å²) >= 11 is 0. The number of nitrogens with two attached hydrogens (primary N) is 1. The van der Waals surface area contributed by atoms with Crippen LogP contribution in [0.3, 0.4) is 0 Å². The van der Waals surface area contributed by atoms with Gasteiger partial charge in [0.15, 0.2) is 5.75 Å². The summed E-state index contributed by atoms with van der Waals surface area (Å²) in [4.78, 5) is 12.4. The average molecular weight is 340 g/mol. The van der Waals surface area contributed by atoms with Crippen LogP contribution in [0.5, 0.6) is 5.75 Å². The molecule has 0 aliphatic carbocycles. The molecule has 4 heteroatoms. The molecule has 0 aliphatic rings. The van der Waals surface area contributed by atoms with Crippen LogP contribution in [0.4, 0.5) is 11.4 Å². The molecule has 134 valence electrons. The third-order valence-corrected chi connectivity index (χ3v) is 4.31. The van der Waals surface area contributed by atoms with Crippen LogP contribution in [-0.4, -0.2) is 11.0 Å². The fourth-order valence-corrected chi connectivity index (χ4v) is 2.87. The van der Waals surface area contributed by atoms with Crippen molar-refractivity contribution >= 4 is 17.3 Å². The van der Waals surface area contributed by atoms with Crippen LogP contribution < -0.4 is 11.1 Å². The molecular formula is C21H28N2O2. The second-order valence-electron chi connectivity index (χ2n) is 6.57. The standard InChI is InChI=1S/C21H28N2O2/c1-3-4-5-6-7-8-16-9-11-17(12-10-16)23-21(25)18-13-15(2)14-19(22)20(18)24/h9-14,24H,3-8,22H2,1-2H3,(H,23,25). The molecule has 4 N–H and O–H groups in total. The van der Waals surface area contributed by atoms with E-state index in [4.69, 9.17) is 5.73 Å². The number of unbranched alkanes of at least 4 members (excludes halogenated alkanes) is 4. The number of hydrogen-bond acceptors (Lipinski definition) is 3. The van der Waals surface area contributed by atoms with Gasteiger partial charge in [-0.1, -0.05) is 44.7 Å². The number of carbonyl (C=O) groups is 1. The first-order valence-electron chi connectivity index (χ1n) is 9.00. The van der Waals surface area contributed by atoms with Gasteiger partial charge in [-0.05, 0) is 55.2 Å². The highest BCUT2D eigenvalue weighted by Crippen LogP contribution is 2.27. The number of aryl methyl sites for hydroxylation is 2. The van der Waals surface area contributed by atoms with E-state index >= 15 is 0 Å². The minimum atomic E-state index is -0.361. The number of phenolic OH excluding ortho intramolecular Hbond substituents is 1. The van der Waals surface area contributed by atoms with E-state index in [1.165, 1.54) is 37.7 Å². The molecule has 2 rings (SSSR count). The normalized spacial score (nSPS) is 10.6. The van der Waals surface area contributed by atoms with Crippen LogP contribution in [-0.2, 0) is 6.42 Å². The zero-order chi connectivity index (χ0) is 18.2. The molecule has 0 fully saturated rings. The number of anilines is 2. The second kappa shape index (κ2) is 9.11. The van der Waals surface area contributed by atoms with E-state index in [-0.39, 0.29) is 22.9 Å². The summed E-state index contributed by atoms with van der Waals surface area (Å²) in [5.41, 5.74) is 8.94. The Morgan fingerprint density at radius 2 is 1.76 bits per heavy atom. The van der Waals surface area contributed by atoms with Gasteiger partial charge in [0.2, 0.25) is 0 Å². The number of amides is 1. The monoisotopic (exact) mass is 340 g/mol. The van der Waals surface area contributed by atoms with E-state index in [0.29, 0.717) is 5.69 Å². The van der Waals surface area contributed by atoms with E-state index < -0.39 is 0 Å². The van der Waals surface area contributed by atoms with Gasteiger partial charge in [0.1, 0.15) is 0 Å². The van der Waals surface area contributed by atoms with E-state index in [1.54, 1.807) is 12.1 Å². The predicted molar refractivity (Wildman–Crippen MR) is 104 cm³/mol. The number of benzene rings is 2. The van der Waals surface area contributed by atoms with Gasteiger partial charge in [0.05, 0.1) is 11.3 Å². The molecule has 2 aromatic rings. The first-order valence-corrected chi connectivity index (χ1v) is 9.00. The Bertz CT molecular complexity index is 709. The minimum absolute atomic E-state index is 0.174. The molecule has 0 spiro atoms. The fraction of sp³-hybridized carbons (Fsp3) is 0.381. The number of nitrogen functional groups attached to an aromatic ring is 1. The number of aromatic hydroxyl groups is 1. The quantitative estimate of drug-likeness (QED) is 0.358. The smallest absolute Gasteiger partial charge is 0.259 e. The van der Waals surface area contributed by atoms with Crippen molar-refractivity contribution in [1.82, 2.24) is 0 Å². The number of nitrogens with one attached hydrogen (secondary N) is 1. The van der Waals surface area contributed by atoms with Gasteiger partial charge in [0.25, 0.3) is 5.91 Å². The van der Waals surface area contributed by atoms with Crippen molar-refractivity contribution in [3.63, 3.8) is 0 Å². The Morgan fingerprint density at radius 3 is 2.44 bits per heavy atom. The van der Waals surface area contributed by atoms with Gasteiger partial charge in [-0.15, -0.1) is 0 Å². The Morgan fingerprint density at radius 1 is 1.08 bits per heavy atom. The van der Waals surface area contributed by atoms with Crippen LogP contribution in [0.1, 0.15) is 60.5 Å². The maximum Gasteiger partial charge on any atom is 0.259 e. The van der Waals surface area contributed by atoms with Crippen molar-refractivity contribution in [1.29, 1.82) is 0 Å². The highest BCUT2D eigenvalue weighted by atomic mass is 16.3. The van der Waals surface area contributed by atoms with Gasteiger partial charge in [-0.3, -0.25) is 4.79 Å². The molecular weight excluding hydrogens is 312 g/mol. The Kier molecular flexibility index (Phi) is 6.87. The van der Waals surface area contributed by atoms with Crippen molar-refractivity contribution in [3.8, 4) is 5.75 Å². The molecule has 4 nitrogen and oxygen atoms in total. The van der Waals surface area contributed by atoms with Crippen molar-refractivity contribution in [2.24, 2.45) is 0 Å². The molecule has 0 heterocycles. The van der Waals surface area contributed by atoms with Crippen LogP contribution >= 0.6 is 0 Å². The first kappa shape index (κ1) is 18.8. The highest BCUT2D eigenvalue weighted by Gasteiger charge is 2.14. The summed E-state index contributed by atoms with van der Waals surface area (Å²) < 4.78 is 0. The predicted octanol–water partition coefficient (Wildman–Crippen LogP) is 5.05. The second-order valence-corrected chi connectivity index (χ2v) is 6.57. The van der Waals surface area contributed by atoms with Gasteiger partial charge >= 0.3 is 0 Å². The summed E-state index contributed by atoms with van der Waals surface area (Å²) in [6, 6.07) is 11.2. The summed E-state index contributed by atoms with van der Waals surface area (Å²) in [6.07, 6.45) is 7.39. The van der Waals surface area contributed by atoms with Gasteiger partial charge in [-0.25, -0.2) is 0 Å². The summed E-state index contributed by atoms with van der Waals surface area (Å²) in [7, 11) is 0.